The molecule has 2 aromatic carbocycles. The number of nitrogen functional groups attached to an aromatic ring is 1. The largest absolute Gasteiger partial charge is 0.398 e. The minimum atomic E-state index is 0.343. The Morgan fingerprint density at radius 1 is 1.20 bits per heavy atom. The molecule has 0 aromatic heterocycles. The molecule has 0 bridgehead atoms. The Bertz CT molecular complexity index is 599. The Hall–Kier alpha value is -2.47. The molecule has 0 fully saturated rings. The molecule has 20 heavy (non-hydrogen) atoms. The fraction of sp³-hybridized carbons (Fsp3) is 0.235. The molecule has 2 aromatic rings. The highest BCUT2D eigenvalue weighted by molar-refractivity contribution is 5.58. The van der Waals surface area contributed by atoms with E-state index in [1.165, 1.54) is 5.56 Å². The van der Waals surface area contributed by atoms with Gasteiger partial charge in [-0.15, -0.1) is 0 Å². The van der Waals surface area contributed by atoms with Crippen molar-refractivity contribution in [1.29, 1.82) is 5.26 Å². The molecule has 0 amide bonds. The van der Waals surface area contributed by atoms with Gasteiger partial charge >= 0.3 is 0 Å². The lowest BCUT2D eigenvalue weighted by molar-refractivity contribution is 0.805. The van der Waals surface area contributed by atoms with Crippen LogP contribution in [0.2, 0.25) is 0 Å². The Balaban J connectivity index is 2.01. The Morgan fingerprint density at radius 2 is 1.95 bits per heavy atom. The molecule has 3 heteroatoms. The average Bonchev–Trinajstić information content (AvgIpc) is 2.49. The number of hydrogen-bond donors (Lipinski definition) is 2. The van der Waals surface area contributed by atoms with Gasteiger partial charge in [0.1, 0.15) is 0 Å². The Labute approximate surface area is 120 Å². The summed E-state index contributed by atoms with van der Waals surface area (Å²) in [5, 5.41) is 12.2. The van der Waals surface area contributed by atoms with Gasteiger partial charge in [0.15, 0.2) is 0 Å². The SMILES string of the molecule is CC(CNc1ccc(N)c(CC#N)c1)c1ccccc1. The van der Waals surface area contributed by atoms with E-state index >= 15 is 0 Å². The highest BCUT2D eigenvalue weighted by Gasteiger charge is 2.05. The zero-order chi connectivity index (χ0) is 14.4. The molecule has 3 N–H and O–H groups in total. The topological polar surface area (TPSA) is 61.8 Å². The highest BCUT2D eigenvalue weighted by atomic mass is 14.9. The van der Waals surface area contributed by atoms with Crippen LogP contribution in [0.25, 0.3) is 0 Å². The maximum atomic E-state index is 8.78. The van der Waals surface area contributed by atoms with Crippen molar-refractivity contribution in [2.75, 3.05) is 17.6 Å². The summed E-state index contributed by atoms with van der Waals surface area (Å²) in [6.07, 6.45) is 0.343. The summed E-state index contributed by atoms with van der Waals surface area (Å²) in [6, 6.07) is 18.3. The Morgan fingerprint density at radius 3 is 2.65 bits per heavy atom. The molecule has 0 heterocycles. The van der Waals surface area contributed by atoms with Crippen molar-refractivity contribution >= 4 is 11.4 Å². The van der Waals surface area contributed by atoms with Crippen molar-refractivity contribution in [3.8, 4) is 6.07 Å². The molecule has 1 unspecified atom stereocenters. The van der Waals surface area contributed by atoms with Crippen LogP contribution in [0.5, 0.6) is 0 Å². The number of nitrogens with one attached hydrogen (secondary N) is 1. The van der Waals surface area contributed by atoms with E-state index in [2.05, 4.69) is 42.6 Å². The number of nitriles is 1. The van der Waals surface area contributed by atoms with E-state index in [0.717, 1.165) is 17.8 Å². The predicted molar refractivity (Wildman–Crippen MR) is 83.5 cm³/mol. The van der Waals surface area contributed by atoms with Crippen LogP contribution in [0.4, 0.5) is 11.4 Å². The third-order valence-corrected chi connectivity index (χ3v) is 3.39. The van der Waals surface area contributed by atoms with E-state index in [1.807, 2.05) is 24.3 Å². The van der Waals surface area contributed by atoms with Gasteiger partial charge in [0.2, 0.25) is 0 Å². The lowest BCUT2D eigenvalue weighted by Gasteiger charge is -2.15. The van der Waals surface area contributed by atoms with Crippen molar-refractivity contribution in [3.63, 3.8) is 0 Å². The second-order valence-corrected chi connectivity index (χ2v) is 4.94. The molecule has 2 rings (SSSR count). The van der Waals surface area contributed by atoms with Gasteiger partial charge in [0.05, 0.1) is 12.5 Å². The third kappa shape index (κ3) is 3.52. The van der Waals surface area contributed by atoms with Crippen LogP contribution < -0.4 is 11.1 Å². The van der Waals surface area contributed by atoms with Crippen LogP contribution in [0.15, 0.2) is 48.5 Å². The first-order valence-electron chi connectivity index (χ1n) is 6.75. The van der Waals surface area contributed by atoms with Crippen molar-refractivity contribution in [2.45, 2.75) is 19.3 Å². The van der Waals surface area contributed by atoms with E-state index in [1.54, 1.807) is 0 Å². The standard InChI is InChI=1S/C17H19N3/c1-13(14-5-3-2-4-6-14)12-20-16-7-8-17(19)15(11-16)9-10-18/h2-8,11,13,20H,9,12,19H2,1H3. The van der Waals surface area contributed by atoms with Crippen molar-refractivity contribution in [1.82, 2.24) is 0 Å². The molecular formula is C17H19N3. The summed E-state index contributed by atoms with van der Waals surface area (Å²) in [7, 11) is 0. The summed E-state index contributed by atoms with van der Waals surface area (Å²) in [5.41, 5.74) is 9.72. The van der Waals surface area contributed by atoms with E-state index in [0.29, 0.717) is 18.0 Å². The molecule has 0 saturated carbocycles. The van der Waals surface area contributed by atoms with Crippen LogP contribution in [0.1, 0.15) is 24.0 Å². The van der Waals surface area contributed by atoms with Gasteiger partial charge in [0.25, 0.3) is 0 Å². The van der Waals surface area contributed by atoms with Crippen molar-refractivity contribution in [2.24, 2.45) is 0 Å². The first kappa shape index (κ1) is 14.0. The van der Waals surface area contributed by atoms with E-state index < -0.39 is 0 Å². The van der Waals surface area contributed by atoms with E-state index in [-0.39, 0.29) is 0 Å². The van der Waals surface area contributed by atoms with Gasteiger partial charge in [0, 0.05) is 17.9 Å². The van der Waals surface area contributed by atoms with Crippen molar-refractivity contribution < 1.29 is 0 Å². The molecule has 0 radical (unpaired) electrons. The molecule has 1 atom stereocenters. The normalized spacial score (nSPS) is 11.6. The monoisotopic (exact) mass is 265 g/mol. The lowest BCUT2D eigenvalue weighted by atomic mass is 10.0. The number of nitrogens with two attached hydrogens (primary N) is 1. The molecular weight excluding hydrogens is 246 g/mol. The second-order valence-electron chi connectivity index (χ2n) is 4.94. The van der Waals surface area contributed by atoms with Crippen LogP contribution in [-0.4, -0.2) is 6.54 Å². The minimum Gasteiger partial charge on any atom is -0.398 e. The first-order valence-corrected chi connectivity index (χ1v) is 6.75. The number of anilines is 2. The van der Waals surface area contributed by atoms with E-state index in [9.17, 15) is 0 Å². The highest BCUT2D eigenvalue weighted by Crippen LogP contribution is 2.20. The maximum absolute atomic E-state index is 8.78. The molecule has 0 spiro atoms. The van der Waals surface area contributed by atoms with Gasteiger partial charge in [-0.05, 0) is 35.2 Å². The average molecular weight is 265 g/mol. The summed E-state index contributed by atoms with van der Waals surface area (Å²) < 4.78 is 0. The summed E-state index contributed by atoms with van der Waals surface area (Å²) >= 11 is 0. The third-order valence-electron chi connectivity index (χ3n) is 3.39. The molecule has 0 aliphatic rings. The lowest BCUT2D eigenvalue weighted by Crippen LogP contribution is -2.10. The zero-order valence-electron chi connectivity index (χ0n) is 11.6. The number of benzene rings is 2. The van der Waals surface area contributed by atoms with Crippen LogP contribution >= 0.6 is 0 Å². The van der Waals surface area contributed by atoms with Crippen LogP contribution in [-0.2, 0) is 6.42 Å². The molecule has 3 nitrogen and oxygen atoms in total. The minimum absolute atomic E-state index is 0.343. The predicted octanol–water partition coefficient (Wildman–Crippen LogP) is 3.55. The summed E-state index contributed by atoms with van der Waals surface area (Å²) in [4.78, 5) is 0. The van der Waals surface area contributed by atoms with E-state index in [4.69, 9.17) is 11.0 Å². The van der Waals surface area contributed by atoms with Crippen LogP contribution in [0, 0.1) is 11.3 Å². The number of hydrogen-bond acceptors (Lipinski definition) is 3. The smallest absolute Gasteiger partial charge is 0.0670 e. The fourth-order valence-corrected chi connectivity index (χ4v) is 2.12. The maximum Gasteiger partial charge on any atom is 0.0670 e. The van der Waals surface area contributed by atoms with Crippen LogP contribution in [0.3, 0.4) is 0 Å². The van der Waals surface area contributed by atoms with Crippen molar-refractivity contribution in [3.05, 3.63) is 59.7 Å². The summed E-state index contributed by atoms with van der Waals surface area (Å²) in [5.74, 6) is 0.424. The number of nitrogens with zero attached hydrogens (tertiary/aromatic N) is 1. The fourth-order valence-electron chi connectivity index (χ4n) is 2.12. The quantitative estimate of drug-likeness (QED) is 0.813. The molecule has 0 saturated heterocycles. The molecule has 102 valence electrons. The first-order chi connectivity index (χ1) is 9.70. The van der Waals surface area contributed by atoms with Gasteiger partial charge < -0.3 is 11.1 Å². The zero-order valence-corrected chi connectivity index (χ0v) is 11.6. The number of rotatable bonds is 5. The molecule has 0 aliphatic heterocycles. The van der Waals surface area contributed by atoms with Gasteiger partial charge in [-0.2, -0.15) is 5.26 Å². The van der Waals surface area contributed by atoms with Gasteiger partial charge in [-0.3, -0.25) is 0 Å². The Kier molecular flexibility index (Phi) is 4.62. The molecule has 0 aliphatic carbocycles. The van der Waals surface area contributed by atoms with Gasteiger partial charge in [-0.25, -0.2) is 0 Å². The summed E-state index contributed by atoms with van der Waals surface area (Å²) in [6.45, 7) is 3.04. The second kappa shape index (κ2) is 6.63. The van der Waals surface area contributed by atoms with Gasteiger partial charge in [-0.1, -0.05) is 37.3 Å².